The molecule has 0 aromatic heterocycles. The van der Waals surface area contributed by atoms with E-state index in [9.17, 15) is 8.42 Å². The molecular formula is C14H23N3O3S. The van der Waals surface area contributed by atoms with E-state index >= 15 is 0 Å². The van der Waals surface area contributed by atoms with Crippen LogP contribution in [0.2, 0.25) is 0 Å². The number of oxime groups is 1. The van der Waals surface area contributed by atoms with E-state index in [1.807, 2.05) is 12.1 Å². The molecule has 0 spiro atoms. The van der Waals surface area contributed by atoms with E-state index in [2.05, 4.69) is 16.8 Å². The Balaban J connectivity index is 2.46. The highest BCUT2D eigenvalue weighted by Crippen LogP contribution is 2.11. The lowest BCUT2D eigenvalue weighted by molar-refractivity contribution is 0.316. The second kappa shape index (κ2) is 8.63. The molecule has 21 heavy (non-hydrogen) atoms. The van der Waals surface area contributed by atoms with E-state index in [1.54, 1.807) is 12.1 Å². The van der Waals surface area contributed by atoms with E-state index in [0.717, 1.165) is 18.4 Å². The Morgan fingerprint density at radius 1 is 1.29 bits per heavy atom. The third-order valence-corrected chi connectivity index (χ3v) is 4.53. The molecule has 6 nitrogen and oxygen atoms in total. The van der Waals surface area contributed by atoms with Crippen LogP contribution in [0.4, 0.5) is 0 Å². The Labute approximate surface area is 126 Å². The number of nitrogens with zero attached hydrogens (tertiary/aromatic N) is 1. The summed E-state index contributed by atoms with van der Waals surface area (Å²) in [6.45, 7) is 2.41. The average molecular weight is 313 g/mol. The summed E-state index contributed by atoms with van der Waals surface area (Å²) in [6.07, 6.45) is 3.72. The molecule has 1 rings (SSSR count). The summed E-state index contributed by atoms with van der Waals surface area (Å²) in [4.78, 5) is 0.277. The normalized spacial score (nSPS) is 12.5. The third-order valence-electron chi connectivity index (χ3n) is 3.05. The fraction of sp³-hybridized carbons (Fsp3) is 0.500. The van der Waals surface area contributed by atoms with Gasteiger partial charge in [-0.3, -0.25) is 0 Å². The molecule has 1 aromatic carbocycles. The Morgan fingerprint density at radius 2 is 1.95 bits per heavy atom. The summed E-state index contributed by atoms with van der Waals surface area (Å²) in [7, 11) is -3.46. The molecule has 0 unspecified atom stereocenters. The van der Waals surface area contributed by atoms with Crippen LogP contribution in [0.3, 0.4) is 0 Å². The van der Waals surface area contributed by atoms with Crippen LogP contribution in [0.5, 0.6) is 0 Å². The van der Waals surface area contributed by atoms with E-state index in [1.165, 1.54) is 0 Å². The van der Waals surface area contributed by atoms with Gasteiger partial charge in [0.15, 0.2) is 0 Å². The van der Waals surface area contributed by atoms with Crippen molar-refractivity contribution in [2.24, 2.45) is 10.9 Å². The van der Waals surface area contributed by atoms with Crippen molar-refractivity contribution in [3.05, 3.63) is 29.8 Å². The lowest BCUT2D eigenvalue weighted by atomic mass is 10.1. The first-order chi connectivity index (χ1) is 9.99. The van der Waals surface area contributed by atoms with Gasteiger partial charge in [-0.2, -0.15) is 0 Å². The maximum Gasteiger partial charge on any atom is 0.240 e. The molecule has 0 atom stereocenters. The number of sulfonamides is 1. The summed E-state index contributed by atoms with van der Waals surface area (Å²) < 4.78 is 26.7. The summed E-state index contributed by atoms with van der Waals surface area (Å²) in [5.74, 6) is 0.157. The van der Waals surface area contributed by atoms with Gasteiger partial charge in [0, 0.05) is 13.0 Å². The Bertz CT molecular complexity index is 553. The molecule has 0 amide bonds. The van der Waals surface area contributed by atoms with Gasteiger partial charge in [0.25, 0.3) is 0 Å². The van der Waals surface area contributed by atoms with Gasteiger partial charge in [0.1, 0.15) is 5.84 Å². The zero-order chi connectivity index (χ0) is 15.7. The van der Waals surface area contributed by atoms with Crippen LogP contribution in [0.15, 0.2) is 34.3 Å². The topological polar surface area (TPSA) is 105 Å². The molecule has 0 aliphatic rings. The van der Waals surface area contributed by atoms with Gasteiger partial charge >= 0.3 is 0 Å². The highest BCUT2D eigenvalue weighted by atomic mass is 32.2. The van der Waals surface area contributed by atoms with Crippen LogP contribution in [0.1, 0.15) is 38.2 Å². The molecule has 0 fully saturated rings. The fourth-order valence-electron chi connectivity index (χ4n) is 1.89. The quantitative estimate of drug-likeness (QED) is 0.213. The van der Waals surface area contributed by atoms with E-state index in [-0.39, 0.29) is 10.7 Å². The van der Waals surface area contributed by atoms with Crippen LogP contribution in [-0.4, -0.2) is 26.0 Å². The number of amidine groups is 1. The van der Waals surface area contributed by atoms with Crippen LogP contribution in [0.25, 0.3) is 0 Å². The Hall–Kier alpha value is -1.60. The van der Waals surface area contributed by atoms with E-state index < -0.39 is 10.0 Å². The maximum absolute atomic E-state index is 12.1. The zero-order valence-electron chi connectivity index (χ0n) is 12.2. The third kappa shape index (κ3) is 6.14. The van der Waals surface area contributed by atoms with Gasteiger partial charge in [-0.05, 0) is 37.0 Å². The van der Waals surface area contributed by atoms with Crippen molar-refractivity contribution in [1.82, 2.24) is 4.72 Å². The van der Waals surface area contributed by atoms with Gasteiger partial charge in [0.05, 0.1) is 4.90 Å². The summed E-state index contributed by atoms with van der Waals surface area (Å²) >= 11 is 0. The summed E-state index contributed by atoms with van der Waals surface area (Å²) in [5.41, 5.74) is 6.47. The molecule has 0 aliphatic carbocycles. The highest BCUT2D eigenvalue weighted by Gasteiger charge is 2.12. The molecule has 0 saturated carbocycles. The molecule has 0 heterocycles. The number of unbranched alkanes of at least 4 members (excludes halogenated alkanes) is 1. The largest absolute Gasteiger partial charge is 0.409 e. The number of hydrogen-bond donors (Lipinski definition) is 3. The lowest BCUT2D eigenvalue weighted by Gasteiger charge is -2.07. The molecular weight excluding hydrogens is 290 g/mol. The average Bonchev–Trinajstić information content (AvgIpc) is 2.47. The van der Waals surface area contributed by atoms with E-state index in [4.69, 9.17) is 10.9 Å². The second-order valence-electron chi connectivity index (χ2n) is 4.84. The van der Waals surface area contributed by atoms with Crippen molar-refractivity contribution >= 4 is 15.9 Å². The van der Waals surface area contributed by atoms with Gasteiger partial charge < -0.3 is 10.9 Å². The van der Waals surface area contributed by atoms with Crippen molar-refractivity contribution in [1.29, 1.82) is 0 Å². The SMILES string of the molecule is CCCc1ccc(S(=O)(=O)NCCCCC(N)=NO)cc1. The van der Waals surface area contributed by atoms with Crippen LogP contribution >= 0.6 is 0 Å². The van der Waals surface area contributed by atoms with Crippen molar-refractivity contribution < 1.29 is 13.6 Å². The summed E-state index contributed by atoms with van der Waals surface area (Å²) in [6, 6.07) is 6.94. The first kappa shape index (κ1) is 17.5. The lowest BCUT2D eigenvalue weighted by Crippen LogP contribution is -2.25. The number of rotatable bonds is 9. The first-order valence-corrected chi connectivity index (χ1v) is 8.53. The van der Waals surface area contributed by atoms with Crippen LogP contribution in [-0.2, 0) is 16.4 Å². The second-order valence-corrected chi connectivity index (χ2v) is 6.61. The van der Waals surface area contributed by atoms with Crippen molar-refractivity contribution in [2.75, 3.05) is 6.54 Å². The zero-order valence-corrected chi connectivity index (χ0v) is 13.1. The number of nitrogens with two attached hydrogens (primary N) is 1. The van der Waals surface area contributed by atoms with Gasteiger partial charge in [-0.25, -0.2) is 13.1 Å². The van der Waals surface area contributed by atoms with Crippen LogP contribution in [0, 0.1) is 0 Å². The van der Waals surface area contributed by atoms with E-state index in [0.29, 0.717) is 25.8 Å². The number of aryl methyl sites for hydroxylation is 1. The monoisotopic (exact) mass is 313 g/mol. The molecule has 1 aromatic rings. The highest BCUT2D eigenvalue weighted by molar-refractivity contribution is 7.89. The molecule has 0 radical (unpaired) electrons. The minimum Gasteiger partial charge on any atom is -0.409 e. The molecule has 7 heteroatoms. The molecule has 0 bridgehead atoms. The number of benzene rings is 1. The minimum absolute atomic E-state index is 0.157. The van der Waals surface area contributed by atoms with Crippen molar-refractivity contribution in [3.63, 3.8) is 0 Å². The molecule has 0 aliphatic heterocycles. The summed E-state index contributed by atoms with van der Waals surface area (Å²) in [5, 5.41) is 11.2. The molecule has 118 valence electrons. The van der Waals surface area contributed by atoms with Gasteiger partial charge in [0.2, 0.25) is 10.0 Å². The Kier molecular flexibility index (Phi) is 7.18. The standard InChI is InChI=1S/C14H23N3O3S/c1-2-5-12-7-9-13(10-8-12)21(19,20)16-11-4-3-6-14(15)17-18/h7-10,16,18H,2-6,11H2,1H3,(H2,15,17). The van der Waals surface area contributed by atoms with Crippen molar-refractivity contribution in [3.8, 4) is 0 Å². The first-order valence-electron chi connectivity index (χ1n) is 7.04. The van der Waals surface area contributed by atoms with Crippen molar-refractivity contribution in [2.45, 2.75) is 43.9 Å². The predicted molar refractivity (Wildman–Crippen MR) is 82.9 cm³/mol. The Morgan fingerprint density at radius 3 is 2.52 bits per heavy atom. The van der Waals surface area contributed by atoms with Gasteiger partial charge in [-0.15, -0.1) is 0 Å². The van der Waals surface area contributed by atoms with Gasteiger partial charge in [-0.1, -0.05) is 30.6 Å². The predicted octanol–water partition coefficient (Wildman–Crippen LogP) is 1.83. The minimum atomic E-state index is -3.46. The number of nitrogens with one attached hydrogen (secondary N) is 1. The fourth-order valence-corrected chi connectivity index (χ4v) is 2.97. The smallest absolute Gasteiger partial charge is 0.240 e. The molecule has 0 saturated heterocycles. The number of hydrogen-bond acceptors (Lipinski definition) is 4. The molecule has 4 N–H and O–H groups in total. The maximum atomic E-state index is 12.1. The van der Waals surface area contributed by atoms with Crippen LogP contribution < -0.4 is 10.5 Å².